The first-order chi connectivity index (χ1) is 15.7. The number of Topliss-reactive ketones (excluding diaryl/α,β-unsaturated/α-hetero) is 1. The minimum Gasteiger partial charge on any atom is -0.426 e. The van der Waals surface area contributed by atoms with Crippen molar-refractivity contribution in [1.29, 1.82) is 0 Å². The number of esters is 1. The fourth-order valence-electron chi connectivity index (χ4n) is 9.84. The first-order valence-corrected chi connectivity index (χ1v) is 13.6. The second-order valence-corrected chi connectivity index (χ2v) is 13.8. The minimum atomic E-state index is -1.46. The summed E-state index contributed by atoms with van der Waals surface area (Å²) in [7, 11) is 0. The summed E-state index contributed by atoms with van der Waals surface area (Å²) in [6.45, 7) is 15.8. The van der Waals surface area contributed by atoms with Crippen molar-refractivity contribution in [1.82, 2.24) is 0 Å². The summed E-state index contributed by atoms with van der Waals surface area (Å²) in [5.41, 5.74) is 2.45. The Morgan fingerprint density at radius 2 is 1.79 bits per heavy atom. The zero-order valence-electron chi connectivity index (χ0n) is 22.3. The van der Waals surface area contributed by atoms with Crippen LogP contribution in [0.25, 0.3) is 0 Å². The molecule has 0 aromatic heterocycles. The molecule has 4 aliphatic carbocycles. The summed E-state index contributed by atoms with van der Waals surface area (Å²) in [6.07, 6.45) is 12.1. The average molecular weight is 469 g/mol. The van der Waals surface area contributed by atoms with Crippen LogP contribution in [0.1, 0.15) is 99.8 Å². The lowest BCUT2D eigenvalue weighted by Crippen LogP contribution is -2.57. The van der Waals surface area contributed by atoms with Gasteiger partial charge in [-0.3, -0.25) is 4.79 Å². The molecule has 0 aromatic rings. The van der Waals surface area contributed by atoms with E-state index >= 15 is 0 Å². The number of hydrogen-bond acceptors (Lipinski definition) is 4. The van der Waals surface area contributed by atoms with Crippen LogP contribution in [0.3, 0.4) is 0 Å². The SMILES string of the molecule is CC1=C[C@@](O)(C[C@@H](C)[C@H]2CC[C@@]3(C)C4=CC[C@H]5C(C)(C)C(=O)CC[C@]5(C)[C@@H]4CC[C@]23C)OC1=O. The van der Waals surface area contributed by atoms with Crippen molar-refractivity contribution >= 4 is 11.8 Å². The molecule has 4 heteroatoms. The number of hydrogen-bond donors (Lipinski definition) is 1. The van der Waals surface area contributed by atoms with Crippen LogP contribution in [0.15, 0.2) is 23.3 Å². The van der Waals surface area contributed by atoms with E-state index < -0.39 is 11.8 Å². The van der Waals surface area contributed by atoms with Crippen molar-refractivity contribution in [2.75, 3.05) is 0 Å². The van der Waals surface area contributed by atoms with Gasteiger partial charge < -0.3 is 9.84 Å². The third-order valence-corrected chi connectivity index (χ3v) is 12.0. The Labute approximate surface area is 205 Å². The van der Waals surface area contributed by atoms with Crippen LogP contribution < -0.4 is 0 Å². The zero-order valence-corrected chi connectivity index (χ0v) is 22.3. The molecule has 3 fully saturated rings. The number of aliphatic hydroxyl groups is 1. The molecule has 5 aliphatic rings. The highest BCUT2D eigenvalue weighted by molar-refractivity contribution is 5.90. The third-order valence-electron chi connectivity index (χ3n) is 12.0. The average Bonchev–Trinajstić information content (AvgIpc) is 3.16. The number of cyclic esters (lactones) is 1. The summed E-state index contributed by atoms with van der Waals surface area (Å²) in [5.74, 6) is 0.313. The third kappa shape index (κ3) is 3.06. The fourth-order valence-corrected chi connectivity index (χ4v) is 9.84. The van der Waals surface area contributed by atoms with Gasteiger partial charge in [-0.15, -0.1) is 0 Å². The van der Waals surface area contributed by atoms with Crippen LogP contribution >= 0.6 is 0 Å². The molecule has 8 atom stereocenters. The van der Waals surface area contributed by atoms with E-state index in [1.165, 1.54) is 19.3 Å². The van der Waals surface area contributed by atoms with Crippen LogP contribution in [-0.4, -0.2) is 22.6 Å². The van der Waals surface area contributed by atoms with Crippen molar-refractivity contribution in [3.8, 4) is 0 Å². The van der Waals surface area contributed by atoms with E-state index in [0.717, 1.165) is 25.7 Å². The fraction of sp³-hybridized carbons (Fsp3) is 0.800. The number of carbonyl (C=O) groups excluding carboxylic acids is 2. The number of ether oxygens (including phenoxy) is 1. The van der Waals surface area contributed by atoms with E-state index in [2.05, 4.69) is 47.6 Å². The molecule has 0 radical (unpaired) electrons. The van der Waals surface area contributed by atoms with Gasteiger partial charge in [0.2, 0.25) is 5.79 Å². The second-order valence-electron chi connectivity index (χ2n) is 13.8. The first-order valence-electron chi connectivity index (χ1n) is 13.6. The van der Waals surface area contributed by atoms with E-state index in [-0.39, 0.29) is 27.6 Å². The van der Waals surface area contributed by atoms with Gasteiger partial charge in [0.05, 0.1) is 0 Å². The quantitative estimate of drug-likeness (QED) is 0.386. The highest BCUT2D eigenvalue weighted by Crippen LogP contribution is 2.73. The predicted octanol–water partition coefficient (Wildman–Crippen LogP) is 6.38. The van der Waals surface area contributed by atoms with Crippen molar-refractivity contribution < 1.29 is 19.4 Å². The number of fused-ring (bicyclic) bond motifs is 5. The molecule has 0 saturated heterocycles. The van der Waals surface area contributed by atoms with Crippen LogP contribution in [0.4, 0.5) is 0 Å². The number of rotatable bonds is 3. The highest BCUT2D eigenvalue weighted by atomic mass is 16.7. The Kier molecular flexibility index (Phi) is 5.22. The van der Waals surface area contributed by atoms with Crippen LogP contribution in [0.5, 0.6) is 0 Å². The molecule has 3 saturated carbocycles. The largest absolute Gasteiger partial charge is 0.426 e. The molecule has 188 valence electrons. The van der Waals surface area contributed by atoms with Gasteiger partial charge in [-0.2, -0.15) is 0 Å². The molecule has 4 nitrogen and oxygen atoms in total. The number of allylic oxidation sites excluding steroid dienone is 2. The molecule has 34 heavy (non-hydrogen) atoms. The van der Waals surface area contributed by atoms with E-state index in [1.54, 1.807) is 18.6 Å². The summed E-state index contributed by atoms with van der Waals surface area (Å²) in [4.78, 5) is 24.7. The molecule has 0 bridgehead atoms. The Balaban J connectivity index is 1.44. The molecule has 0 spiro atoms. The van der Waals surface area contributed by atoms with Crippen molar-refractivity contribution in [2.45, 2.75) is 106 Å². The monoisotopic (exact) mass is 468 g/mol. The topological polar surface area (TPSA) is 63.6 Å². The minimum absolute atomic E-state index is 0.148. The van der Waals surface area contributed by atoms with Gasteiger partial charge >= 0.3 is 5.97 Å². The molecule has 0 unspecified atom stereocenters. The van der Waals surface area contributed by atoms with Gasteiger partial charge in [-0.25, -0.2) is 4.79 Å². The Morgan fingerprint density at radius 1 is 1.09 bits per heavy atom. The molecular weight excluding hydrogens is 424 g/mol. The van der Waals surface area contributed by atoms with Crippen molar-refractivity contribution in [3.05, 3.63) is 23.3 Å². The van der Waals surface area contributed by atoms with Crippen LogP contribution in [0, 0.1) is 45.3 Å². The van der Waals surface area contributed by atoms with Crippen LogP contribution in [0.2, 0.25) is 0 Å². The van der Waals surface area contributed by atoms with Gasteiger partial charge in [0.1, 0.15) is 5.78 Å². The zero-order chi connectivity index (χ0) is 24.9. The summed E-state index contributed by atoms with van der Waals surface area (Å²) < 4.78 is 5.36. The maximum absolute atomic E-state index is 12.8. The second kappa shape index (κ2) is 7.31. The number of carbonyl (C=O) groups is 2. The molecule has 1 aliphatic heterocycles. The van der Waals surface area contributed by atoms with Gasteiger partial charge in [0.25, 0.3) is 0 Å². The smallest absolute Gasteiger partial charge is 0.336 e. The predicted molar refractivity (Wildman–Crippen MR) is 133 cm³/mol. The lowest BCUT2D eigenvalue weighted by molar-refractivity contribution is -0.186. The molecule has 0 aromatic carbocycles. The lowest BCUT2D eigenvalue weighted by Gasteiger charge is -2.63. The maximum atomic E-state index is 12.8. The Hall–Kier alpha value is -1.42. The van der Waals surface area contributed by atoms with Gasteiger partial charge in [0.15, 0.2) is 0 Å². The summed E-state index contributed by atoms with van der Waals surface area (Å²) in [6, 6.07) is 0. The highest BCUT2D eigenvalue weighted by Gasteiger charge is 2.65. The molecule has 1 N–H and O–H groups in total. The summed E-state index contributed by atoms with van der Waals surface area (Å²) >= 11 is 0. The summed E-state index contributed by atoms with van der Waals surface area (Å²) in [5, 5.41) is 11.0. The van der Waals surface area contributed by atoms with Gasteiger partial charge in [-0.05, 0) is 91.4 Å². The van der Waals surface area contributed by atoms with Gasteiger partial charge in [0, 0.05) is 23.8 Å². The van der Waals surface area contributed by atoms with Gasteiger partial charge in [-0.1, -0.05) is 53.2 Å². The maximum Gasteiger partial charge on any atom is 0.336 e. The normalized spacial score (nSPS) is 48.3. The standard InChI is InChI=1S/C30H44O4/c1-18(16-30(33)17-19(2)25(32)34-30)20-10-14-29(7)22-8-9-23-26(3,4)24(31)12-13-27(23,5)21(22)11-15-28(20,29)6/h8,17-18,20-21,23,33H,9-16H2,1-7H3/t18-,20-,21-,23+,27-,28-,29+,30-/m1/s1. The first kappa shape index (κ1) is 24.3. The van der Waals surface area contributed by atoms with E-state index in [1.807, 2.05) is 0 Å². The van der Waals surface area contributed by atoms with E-state index in [9.17, 15) is 14.7 Å². The Bertz CT molecular complexity index is 990. The van der Waals surface area contributed by atoms with E-state index in [4.69, 9.17) is 4.74 Å². The van der Waals surface area contributed by atoms with E-state index in [0.29, 0.717) is 35.5 Å². The van der Waals surface area contributed by atoms with Crippen molar-refractivity contribution in [2.24, 2.45) is 45.3 Å². The molecule has 0 amide bonds. The lowest BCUT2D eigenvalue weighted by atomic mass is 9.41. The number of ketones is 1. The molecule has 1 heterocycles. The Morgan fingerprint density at radius 3 is 2.44 bits per heavy atom. The van der Waals surface area contributed by atoms with Crippen LogP contribution in [-0.2, 0) is 14.3 Å². The van der Waals surface area contributed by atoms with Crippen molar-refractivity contribution in [3.63, 3.8) is 0 Å². The molecule has 5 rings (SSSR count). The molecular formula is C30H44O4.